The number of halogens is 1. The second-order valence-corrected chi connectivity index (χ2v) is 3.92. The van der Waals surface area contributed by atoms with Gasteiger partial charge >= 0.3 is 0 Å². The SMILES string of the molecule is COc1cc(NCCOC(C)C)c(N)cc1F. The van der Waals surface area contributed by atoms with Crippen LogP contribution in [0.3, 0.4) is 0 Å². The quantitative estimate of drug-likeness (QED) is 0.593. The average molecular weight is 242 g/mol. The van der Waals surface area contributed by atoms with E-state index in [-0.39, 0.29) is 11.9 Å². The Morgan fingerprint density at radius 3 is 2.71 bits per heavy atom. The molecule has 0 fully saturated rings. The van der Waals surface area contributed by atoms with Crippen LogP contribution in [0, 0.1) is 5.82 Å². The average Bonchev–Trinajstić information content (AvgIpc) is 2.26. The maximum atomic E-state index is 13.3. The van der Waals surface area contributed by atoms with Crippen molar-refractivity contribution >= 4 is 11.4 Å². The van der Waals surface area contributed by atoms with Crippen molar-refractivity contribution in [2.75, 3.05) is 31.3 Å². The van der Waals surface area contributed by atoms with Crippen LogP contribution in [0.5, 0.6) is 5.75 Å². The highest BCUT2D eigenvalue weighted by Gasteiger charge is 2.07. The molecule has 0 spiro atoms. The van der Waals surface area contributed by atoms with Gasteiger partial charge in [-0.2, -0.15) is 0 Å². The summed E-state index contributed by atoms with van der Waals surface area (Å²) in [6.45, 7) is 5.11. The van der Waals surface area contributed by atoms with Crippen LogP contribution in [0.1, 0.15) is 13.8 Å². The monoisotopic (exact) mass is 242 g/mol. The highest BCUT2D eigenvalue weighted by Crippen LogP contribution is 2.27. The maximum absolute atomic E-state index is 13.3. The number of nitrogens with two attached hydrogens (primary N) is 1. The number of rotatable bonds is 6. The Balaban J connectivity index is 2.58. The summed E-state index contributed by atoms with van der Waals surface area (Å²) in [5.41, 5.74) is 6.69. The van der Waals surface area contributed by atoms with E-state index < -0.39 is 5.82 Å². The Labute approximate surface area is 101 Å². The lowest BCUT2D eigenvalue weighted by molar-refractivity contribution is 0.0870. The van der Waals surface area contributed by atoms with E-state index in [0.717, 1.165) is 0 Å². The number of benzene rings is 1. The zero-order chi connectivity index (χ0) is 12.8. The molecule has 96 valence electrons. The first-order valence-corrected chi connectivity index (χ1v) is 5.53. The molecule has 0 aliphatic carbocycles. The molecule has 4 nitrogen and oxygen atoms in total. The molecule has 0 saturated heterocycles. The van der Waals surface area contributed by atoms with Crippen LogP contribution in [0.25, 0.3) is 0 Å². The van der Waals surface area contributed by atoms with E-state index in [0.29, 0.717) is 24.5 Å². The molecule has 0 saturated carbocycles. The smallest absolute Gasteiger partial charge is 0.167 e. The molecule has 0 atom stereocenters. The minimum Gasteiger partial charge on any atom is -0.494 e. The summed E-state index contributed by atoms with van der Waals surface area (Å²) in [6.07, 6.45) is 0.192. The molecule has 0 radical (unpaired) electrons. The molecule has 0 aliphatic rings. The summed E-state index contributed by atoms with van der Waals surface area (Å²) in [7, 11) is 1.42. The first-order valence-electron chi connectivity index (χ1n) is 5.53. The summed E-state index contributed by atoms with van der Waals surface area (Å²) in [4.78, 5) is 0. The Morgan fingerprint density at radius 2 is 2.12 bits per heavy atom. The lowest BCUT2D eigenvalue weighted by atomic mass is 10.2. The van der Waals surface area contributed by atoms with Crippen LogP contribution < -0.4 is 15.8 Å². The Bertz CT molecular complexity index is 370. The number of hydrogen-bond donors (Lipinski definition) is 2. The van der Waals surface area contributed by atoms with Crippen molar-refractivity contribution in [2.24, 2.45) is 0 Å². The van der Waals surface area contributed by atoms with Gasteiger partial charge in [-0.25, -0.2) is 4.39 Å². The molecular formula is C12H19FN2O2. The van der Waals surface area contributed by atoms with E-state index in [1.54, 1.807) is 6.07 Å². The summed E-state index contributed by atoms with van der Waals surface area (Å²) in [5, 5.41) is 3.07. The molecule has 17 heavy (non-hydrogen) atoms. The van der Waals surface area contributed by atoms with Gasteiger partial charge in [0.25, 0.3) is 0 Å². The predicted octanol–water partition coefficient (Wildman–Crippen LogP) is 2.25. The lowest BCUT2D eigenvalue weighted by Crippen LogP contribution is -2.14. The normalized spacial score (nSPS) is 10.6. The third kappa shape index (κ3) is 4.11. The van der Waals surface area contributed by atoms with Crippen LogP contribution in [0.2, 0.25) is 0 Å². The minimum absolute atomic E-state index is 0.173. The molecule has 1 aromatic carbocycles. The molecule has 5 heteroatoms. The molecule has 1 aromatic rings. The van der Waals surface area contributed by atoms with Gasteiger partial charge in [0.05, 0.1) is 31.2 Å². The van der Waals surface area contributed by atoms with E-state index in [9.17, 15) is 4.39 Å². The second kappa shape index (κ2) is 6.30. The van der Waals surface area contributed by atoms with E-state index in [1.165, 1.54) is 13.2 Å². The maximum Gasteiger partial charge on any atom is 0.167 e. The van der Waals surface area contributed by atoms with E-state index in [1.807, 2.05) is 13.8 Å². The Morgan fingerprint density at radius 1 is 1.41 bits per heavy atom. The van der Waals surface area contributed by atoms with E-state index in [2.05, 4.69) is 5.32 Å². The molecule has 0 aromatic heterocycles. The van der Waals surface area contributed by atoms with Crippen LogP contribution in [-0.2, 0) is 4.74 Å². The number of ether oxygens (including phenoxy) is 2. The van der Waals surface area contributed by atoms with Crippen molar-refractivity contribution in [1.82, 2.24) is 0 Å². The summed E-state index contributed by atoms with van der Waals surface area (Å²) in [6, 6.07) is 2.78. The molecule has 0 amide bonds. The molecule has 3 N–H and O–H groups in total. The fourth-order valence-corrected chi connectivity index (χ4v) is 1.36. The number of nitrogen functional groups attached to an aromatic ring is 1. The van der Waals surface area contributed by atoms with Crippen LogP contribution >= 0.6 is 0 Å². The number of methoxy groups -OCH3 is 1. The van der Waals surface area contributed by atoms with Gasteiger partial charge in [0, 0.05) is 18.7 Å². The predicted molar refractivity (Wildman–Crippen MR) is 66.9 cm³/mol. The topological polar surface area (TPSA) is 56.5 Å². The van der Waals surface area contributed by atoms with Crippen molar-refractivity contribution in [1.29, 1.82) is 0 Å². The van der Waals surface area contributed by atoms with Gasteiger partial charge in [-0.1, -0.05) is 0 Å². The molecule has 1 rings (SSSR count). The first-order chi connectivity index (χ1) is 8.04. The van der Waals surface area contributed by atoms with E-state index >= 15 is 0 Å². The zero-order valence-corrected chi connectivity index (χ0v) is 10.4. The van der Waals surface area contributed by atoms with Gasteiger partial charge in [0.15, 0.2) is 11.6 Å². The van der Waals surface area contributed by atoms with Gasteiger partial charge in [0.2, 0.25) is 0 Å². The zero-order valence-electron chi connectivity index (χ0n) is 10.4. The van der Waals surface area contributed by atoms with Crippen LogP contribution in [-0.4, -0.2) is 26.4 Å². The van der Waals surface area contributed by atoms with Gasteiger partial charge in [-0.05, 0) is 13.8 Å². The molecule has 0 heterocycles. The Kier molecular flexibility index (Phi) is 5.03. The molecule has 0 aliphatic heterocycles. The van der Waals surface area contributed by atoms with Gasteiger partial charge in [-0.3, -0.25) is 0 Å². The van der Waals surface area contributed by atoms with Crippen molar-refractivity contribution < 1.29 is 13.9 Å². The fourth-order valence-electron chi connectivity index (χ4n) is 1.36. The van der Waals surface area contributed by atoms with Crippen molar-refractivity contribution in [3.8, 4) is 5.75 Å². The number of anilines is 2. The third-order valence-electron chi connectivity index (χ3n) is 2.19. The Hall–Kier alpha value is -1.49. The molecular weight excluding hydrogens is 223 g/mol. The standard InChI is InChI=1S/C12H19FN2O2/c1-8(2)17-5-4-15-11-7-12(16-3)9(13)6-10(11)14/h6-8,15H,4-5,14H2,1-3H3. The number of hydrogen-bond acceptors (Lipinski definition) is 4. The fraction of sp³-hybridized carbons (Fsp3) is 0.500. The molecule has 0 unspecified atom stereocenters. The first kappa shape index (κ1) is 13.6. The second-order valence-electron chi connectivity index (χ2n) is 3.92. The van der Waals surface area contributed by atoms with Crippen LogP contribution in [0.4, 0.5) is 15.8 Å². The largest absolute Gasteiger partial charge is 0.494 e. The lowest BCUT2D eigenvalue weighted by Gasteiger charge is -2.13. The summed E-state index contributed by atoms with van der Waals surface area (Å²) in [5.74, 6) is -0.291. The summed E-state index contributed by atoms with van der Waals surface area (Å²) < 4.78 is 23.5. The highest BCUT2D eigenvalue weighted by atomic mass is 19.1. The van der Waals surface area contributed by atoms with Crippen molar-refractivity contribution in [3.63, 3.8) is 0 Å². The van der Waals surface area contributed by atoms with Gasteiger partial charge in [0.1, 0.15) is 0 Å². The van der Waals surface area contributed by atoms with Gasteiger partial charge < -0.3 is 20.5 Å². The highest BCUT2D eigenvalue weighted by molar-refractivity contribution is 5.68. The van der Waals surface area contributed by atoms with E-state index in [4.69, 9.17) is 15.2 Å². The summed E-state index contributed by atoms with van der Waals surface area (Å²) >= 11 is 0. The number of nitrogens with one attached hydrogen (secondary N) is 1. The third-order valence-corrected chi connectivity index (χ3v) is 2.19. The minimum atomic E-state index is -0.464. The van der Waals surface area contributed by atoms with Gasteiger partial charge in [-0.15, -0.1) is 0 Å². The van der Waals surface area contributed by atoms with Crippen molar-refractivity contribution in [2.45, 2.75) is 20.0 Å². The molecule has 0 bridgehead atoms. The van der Waals surface area contributed by atoms with Crippen molar-refractivity contribution in [3.05, 3.63) is 17.9 Å². The van der Waals surface area contributed by atoms with Crippen LogP contribution in [0.15, 0.2) is 12.1 Å².